The third-order valence-corrected chi connectivity index (χ3v) is 1.86. The van der Waals surface area contributed by atoms with Gasteiger partial charge in [0, 0.05) is 10.6 Å². The second-order valence-electron chi connectivity index (χ2n) is 2.17. The summed E-state index contributed by atoms with van der Waals surface area (Å²) in [7, 11) is 1.53. The van der Waals surface area contributed by atoms with Crippen molar-refractivity contribution in [1.82, 2.24) is 0 Å². The number of rotatable bonds is 2. The van der Waals surface area contributed by atoms with Crippen molar-refractivity contribution in [1.29, 1.82) is 5.41 Å². The molecule has 0 aliphatic heterocycles. The van der Waals surface area contributed by atoms with Crippen molar-refractivity contribution in [2.24, 2.45) is 0 Å². The SMILES string of the molecule is COc1ccc(Cl)cc1C(=N)[S-].I. The van der Waals surface area contributed by atoms with Gasteiger partial charge >= 0.3 is 0 Å². The molecule has 1 aromatic carbocycles. The number of benzene rings is 1. The molecule has 0 atom stereocenters. The summed E-state index contributed by atoms with van der Waals surface area (Å²) in [4.78, 5) is 0. The Morgan fingerprint density at radius 3 is 2.62 bits per heavy atom. The first-order valence-electron chi connectivity index (χ1n) is 3.24. The monoisotopic (exact) mass is 328 g/mol. The molecule has 0 amide bonds. The summed E-state index contributed by atoms with van der Waals surface area (Å²) in [6.45, 7) is 0. The van der Waals surface area contributed by atoms with Crippen molar-refractivity contribution >= 4 is 53.3 Å². The van der Waals surface area contributed by atoms with Gasteiger partial charge in [0.1, 0.15) is 5.75 Å². The average Bonchev–Trinajstić information content (AvgIpc) is 2.04. The lowest BCUT2D eigenvalue weighted by atomic mass is 10.2. The number of ether oxygens (including phenoxy) is 1. The minimum absolute atomic E-state index is 0. The van der Waals surface area contributed by atoms with E-state index in [0.717, 1.165) is 0 Å². The van der Waals surface area contributed by atoms with Crippen LogP contribution < -0.4 is 4.74 Å². The smallest absolute Gasteiger partial charge is 0.126 e. The number of hydrogen-bond donors (Lipinski definition) is 1. The fourth-order valence-corrected chi connectivity index (χ4v) is 1.19. The highest BCUT2D eigenvalue weighted by Gasteiger charge is 2.00. The second kappa shape index (κ2) is 5.62. The van der Waals surface area contributed by atoms with Gasteiger partial charge in [0.25, 0.3) is 0 Å². The van der Waals surface area contributed by atoms with E-state index in [1.165, 1.54) is 7.11 Å². The van der Waals surface area contributed by atoms with Crippen LogP contribution in [0.15, 0.2) is 18.2 Å². The maximum atomic E-state index is 7.25. The zero-order valence-electron chi connectivity index (χ0n) is 6.83. The highest BCUT2D eigenvalue weighted by Crippen LogP contribution is 2.22. The van der Waals surface area contributed by atoms with E-state index in [1.54, 1.807) is 18.2 Å². The molecule has 1 N–H and O–H groups in total. The molecule has 0 bridgehead atoms. The molecule has 0 aliphatic carbocycles. The highest BCUT2D eigenvalue weighted by molar-refractivity contribution is 14.0. The van der Waals surface area contributed by atoms with Gasteiger partial charge < -0.3 is 22.8 Å². The summed E-state index contributed by atoms with van der Waals surface area (Å²) < 4.78 is 5.00. The molecule has 0 aromatic heterocycles. The van der Waals surface area contributed by atoms with E-state index in [1.807, 2.05) is 0 Å². The van der Waals surface area contributed by atoms with Crippen LogP contribution in [-0.2, 0) is 12.6 Å². The Balaban J connectivity index is 0.00000144. The summed E-state index contributed by atoms with van der Waals surface area (Å²) in [6, 6.07) is 5.01. The summed E-state index contributed by atoms with van der Waals surface area (Å²) >= 11 is 10.4. The third kappa shape index (κ3) is 3.28. The minimum Gasteiger partial charge on any atom is -0.760 e. The van der Waals surface area contributed by atoms with E-state index in [2.05, 4.69) is 0 Å². The summed E-state index contributed by atoms with van der Waals surface area (Å²) in [5, 5.41) is 7.84. The number of halogens is 2. The van der Waals surface area contributed by atoms with Crippen molar-refractivity contribution in [3.8, 4) is 5.75 Å². The molecule has 2 nitrogen and oxygen atoms in total. The molecule has 1 aromatic rings. The standard InChI is InChI=1S/C8H8ClNOS.HI/c1-11-7-3-2-5(9)4-6(7)8(10)12;/h2-4H,1H3,(H2,10,12);1H/p-1. The molecule has 0 fully saturated rings. The first-order chi connectivity index (χ1) is 5.65. The molecule has 0 spiro atoms. The topological polar surface area (TPSA) is 33.1 Å². The van der Waals surface area contributed by atoms with Gasteiger partial charge in [-0.1, -0.05) is 16.6 Å². The van der Waals surface area contributed by atoms with Gasteiger partial charge in [-0.25, -0.2) is 0 Å². The van der Waals surface area contributed by atoms with Crippen molar-refractivity contribution in [3.63, 3.8) is 0 Å². The van der Waals surface area contributed by atoms with Gasteiger partial charge in [-0.05, 0) is 18.2 Å². The molecule has 72 valence electrons. The molecule has 0 unspecified atom stereocenters. The lowest BCUT2D eigenvalue weighted by Crippen LogP contribution is -1.97. The van der Waals surface area contributed by atoms with E-state index in [-0.39, 0.29) is 29.0 Å². The van der Waals surface area contributed by atoms with E-state index in [0.29, 0.717) is 16.3 Å². The second-order valence-corrected chi connectivity index (χ2v) is 3.02. The van der Waals surface area contributed by atoms with Gasteiger partial charge in [-0.3, -0.25) is 0 Å². The van der Waals surface area contributed by atoms with E-state index in [9.17, 15) is 0 Å². The van der Waals surface area contributed by atoms with Crippen LogP contribution in [0.25, 0.3) is 0 Å². The zero-order valence-corrected chi connectivity index (χ0v) is 10.7. The van der Waals surface area contributed by atoms with Crippen molar-refractivity contribution in [2.45, 2.75) is 0 Å². The number of nitrogens with one attached hydrogen (secondary N) is 1. The number of methoxy groups -OCH3 is 1. The van der Waals surface area contributed by atoms with Crippen LogP contribution in [0.4, 0.5) is 0 Å². The summed E-state index contributed by atoms with van der Waals surface area (Å²) in [5.74, 6) is 0.583. The molecule has 0 heterocycles. The predicted molar refractivity (Wildman–Crippen MR) is 67.6 cm³/mol. The molecule has 13 heavy (non-hydrogen) atoms. The Kier molecular flexibility index (Phi) is 5.59. The van der Waals surface area contributed by atoms with Gasteiger partial charge in [0.15, 0.2) is 0 Å². The first kappa shape index (κ1) is 12.9. The quantitative estimate of drug-likeness (QED) is 0.392. The Morgan fingerprint density at radius 2 is 2.15 bits per heavy atom. The first-order valence-corrected chi connectivity index (χ1v) is 4.03. The van der Waals surface area contributed by atoms with Crippen LogP contribution in [0.5, 0.6) is 5.75 Å². The highest BCUT2D eigenvalue weighted by atomic mass is 127. The third-order valence-electron chi connectivity index (χ3n) is 1.41. The summed E-state index contributed by atoms with van der Waals surface area (Å²) in [6.07, 6.45) is 0. The van der Waals surface area contributed by atoms with E-state index in [4.69, 9.17) is 34.4 Å². The van der Waals surface area contributed by atoms with Gasteiger partial charge in [-0.15, -0.1) is 24.0 Å². The number of hydrogen-bond acceptors (Lipinski definition) is 3. The van der Waals surface area contributed by atoms with Crippen LogP contribution in [0.3, 0.4) is 0 Å². The average molecular weight is 329 g/mol. The Labute approximate surface area is 105 Å². The fraction of sp³-hybridized carbons (Fsp3) is 0.125. The van der Waals surface area contributed by atoms with Gasteiger partial charge in [0.05, 0.1) is 7.11 Å². The Bertz CT molecular complexity index is 319. The normalized spacial score (nSPS) is 8.77. The van der Waals surface area contributed by atoms with Crippen LogP contribution in [-0.4, -0.2) is 12.2 Å². The summed E-state index contributed by atoms with van der Waals surface area (Å²) in [5.41, 5.74) is 0.556. The molecular formula is C8H8ClINOS-. The van der Waals surface area contributed by atoms with Crippen molar-refractivity contribution in [3.05, 3.63) is 28.8 Å². The molecule has 0 radical (unpaired) electrons. The molecular weight excluding hydrogens is 321 g/mol. The predicted octanol–water partition coefficient (Wildman–Crippen LogP) is 2.84. The maximum Gasteiger partial charge on any atom is 0.126 e. The lowest BCUT2D eigenvalue weighted by molar-refractivity contribution is 0.414. The minimum atomic E-state index is 0. The molecule has 5 heteroatoms. The fourth-order valence-electron chi connectivity index (χ4n) is 0.858. The lowest BCUT2D eigenvalue weighted by Gasteiger charge is -2.12. The van der Waals surface area contributed by atoms with Crippen LogP contribution in [0.2, 0.25) is 5.02 Å². The van der Waals surface area contributed by atoms with E-state index < -0.39 is 0 Å². The van der Waals surface area contributed by atoms with Crippen LogP contribution in [0.1, 0.15) is 5.56 Å². The van der Waals surface area contributed by atoms with Crippen LogP contribution >= 0.6 is 35.6 Å². The van der Waals surface area contributed by atoms with Crippen molar-refractivity contribution < 1.29 is 4.74 Å². The van der Waals surface area contributed by atoms with Crippen molar-refractivity contribution in [2.75, 3.05) is 7.11 Å². The maximum absolute atomic E-state index is 7.25. The molecule has 1 rings (SSSR count). The largest absolute Gasteiger partial charge is 0.760 e. The molecule has 0 saturated carbocycles. The zero-order chi connectivity index (χ0) is 9.14. The van der Waals surface area contributed by atoms with Crippen LogP contribution in [0, 0.1) is 5.41 Å². The van der Waals surface area contributed by atoms with E-state index >= 15 is 0 Å². The Hall–Kier alpha value is -0.0700. The van der Waals surface area contributed by atoms with Gasteiger partial charge in [-0.2, -0.15) is 0 Å². The van der Waals surface area contributed by atoms with Gasteiger partial charge in [0.2, 0.25) is 0 Å². The molecule has 0 aliphatic rings. The Morgan fingerprint density at radius 1 is 1.54 bits per heavy atom. The molecule has 0 saturated heterocycles.